The summed E-state index contributed by atoms with van der Waals surface area (Å²) in [6.07, 6.45) is 0.778. The molecule has 1 unspecified atom stereocenters. The van der Waals surface area contributed by atoms with E-state index in [4.69, 9.17) is 4.55 Å². The van der Waals surface area contributed by atoms with Gasteiger partial charge < -0.3 is 0 Å². The molecule has 0 bridgehead atoms. The van der Waals surface area contributed by atoms with E-state index in [0.29, 0.717) is 0 Å². The summed E-state index contributed by atoms with van der Waals surface area (Å²) in [4.78, 5) is 0. The number of hydrogen-bond acceptors (Lipinski definition) is 2. The molecule has 0 heterocycles. The van der Waals surface area contributed by atoms with Crippen molar-refractivity contribution in [2.24, 2.45) is 5.92 Å². The van der Waals surface area contributed by atoms with E-state index in [1.807, 2.05) is 6.92 Å². The zero-order valence-corrected chi connectivity index (χ0v) is 9.90. The van der Waals surface area contributed by atoms with Gasteiger partial charge in [0.25, 0.3) is 10.1 Å². The second-order valence-electron chi connectivity index (χ2n) is 2.26. The van der Waals surface area contributed by atoms with Crippen molar-refractivity contribution in [2.45, 2.75) is 20.3 Å². The minimum Gasteiger partial charge on any atom is -0.286 e. The van der Waals surface area contributed by atoms with Gasteiger partial charge in [0, 0.05) is 32.7 Å². The minimum atomic E-state index is -3.74. The Morgan fingerprint density at radius 1 is 1.50 bits per heavy atom. The summed E-state index contributed by atoms with van der Waals surface area (Å²) in [5.41, 5.74) is 0. The van der Waals surface area contributed by atoms with E-state index < -0.39 is 10.1 Å². The molecule has 1 atom stereocenters. The molecule has 0 aliphatic heterocycles. The van der Waals surface area contributed by atoms with E-state index in [0.717, 1.165) is 6.42 Å². The Morgan fingerprint density at radius 2 is 1.90 bits per heavy atom. The summed E-state index contributed by atoms with van der Waals surface area (Å²) in [6, 6.07) is 0. The van der Waals surface area contributed by atoms with Crippen LogP contribution in [0.4, 0.5) is 0 Å². The summed E-state index contributed by atoms with van der Waals surface area (Å²) in [5, 5.41) is 0. The fourth-order valence-electron chi connectivity index (χ4n) is 0.477. The molecule has 59 valence electrons. The predicted octanol–water partition coefficient (Wildman–Crippen LogP) is 0.918. The molecule has 1 radical (unpaired) electrons. The van der Waals surface area contributed by atoms with Crippen molar-refractivity contribution in [3.8, 4) is 0 Å². The third-order valence-electron chi connectivity index (χ3n) is 1.19. The van der Waals surface area contributed by atoms with E-state index in [1.165, 1.54) is 0 Å². The number of rotatable bonds is 3. The molecule has 0 fully saturated rings. The van der Waals surface area contributed by atoms with Gasteiger partial charge in [0.2, 0.25) is 0 Å². The summed E-state index contributed by atoms with van der Waals surface area (Å²) in [7, 11) is -3.74. The summed E-state index contributed by atoms with van der Waals surface area (Å²) >= 11 is 0. The van der Waals surface area contributed by atoms with Crippen LogP contribution in [0.25, 0.3) is 0 Å². The van der Waals surface area contributed by atoms with Crippen molar-refractivity contribution < 1.29 is 45.7 Å². The van der Waals surface area contributed by atoms with Gasteiger partial charge in [-0.1, -0.05) is 20.3 Å². The first-order valence-electron chi connectivity index (χ1n) is 2.91. The molecule has 5 heteroatoms. The summed E-state index contributed by atoms with van der Waals surface area (Å²) in [5.74, 6) is -0.0660. The van der Waals surface area contributed by atoms with Crippen molar-refractivity contribution in [1.29, 1.82) is 0 Å². The van der Waals surface area contributed by atoms with Crippen LogP contribution in [0.1, 0.15) is 20.3 Å². The van der Waals surface area contributed by atoms with Gasteiger partial charge in [-0.25, -0.2) is 0 Å². The molecule has 0 aliphatic rings. The van der Waals surface area contributed by atoms with Gasteiger partial charge in [-0.2, -0.15) is 8.42 Å². The monoisotopic (exact) mass is 241 g/mol. The van der Waals surface area contributed by atoms with Crippen molar-refractivity contribution in [1.82, 2.24) is 0 Å². The smallest absolute Gasteiger partial charge is 0.265 e. The Bertz CT molecular complexity index is 164. The molecular weight excluding hydrogens is 229 g/mol. The third-order valence-corrected chi connectivity index (χ3v) is 2.18. The molecule has 3 nitrogen and oxygen atoms in total. The topological polar surface area (TPSA) is 54.4 Å². The maximum atomic E-state index is 10.2. The molecule has 0 rings (SSSR count). The van der Waals surface area contributed by atoms with Gasteiger partial charge in [0.15, 0.2) is 0 Å². The Hall–Kier alpha value is 1.01. The fraction of sp³-hybridized carbons (Fsp3) is 1.00. The minimum absolute atomic E-state index is 0. The molecular formula is C5H12O3SY. The van der Waals surface area contributed by atoms with Crippen LogP contribution >= 0.6 is 0 Å². The first kappa shape index (κ1) is 13.6. The SMILES string of the molecule is CCC(C)CS(=O)(=O)O.[Y]. The average molecular weight is 241 g/mol. The summed E-state index contributed by atoms with van der Waals surface area (Å²) < 4.78 is 28.6. The normalized spacial score (nSPS) is 13.9. The molecule has 10 heavy (non-hydrogen) atoms. The fourth-order valence-corrected chi connectivity index (χ4v) is 1.43. The van der Waals surface area contributed by atoms with Crippen LogP contribution in [0.2, 0.25) is 0 Å². The largest absolute Gasteiger partial charge is 0.286 e. The number of hydrogen-bond donors (Lipinski definition) is 1. The average Bonchev–Trinajstić information content (AvgIpc) is 1.62. The van der Waals surface area contributed by atoms with E-state index in [1.54, 1.807) is 6.92 Å². The van der Waals surface area contributed by atoms with Crippen molar-refractivity contribution >= 4 is 10.1 Å². The van der Waals surface area contributed by atoms with Crippen molar-refractivity contribution in [3.63, 3.8) is 0 Å². The van der Waals surface area contributed by atoms with Crippen LogP contribution in [-0.2, 0) is 42.8 Å². The zero-order chi connectivity index (χ0) is 7.49. The molecule has 1 N–H and O–H groups in total. The molecule has 0 amide bonds. The Balaban J connectivity index is 0. The first-order valence-corrected chi connectivity index (χ1v) is 4.51. The Kier molecular flexibility index (Phi) is 7.66. The van der Waals surface area contributed by atoms with Crippen LogP contribution in [-0.4, -0.2) is 18.7 Å². The quantitative estimate of drug-likeness (QED) is 0.747. The van der Waals surface area contributed by atoms with Gasteiger partial charge in [0.05, 0.1) is 5.75 Å². The predicted molar refractivity (Wildman–Crippen MR) is 35.9 cm³/mol. The standard InChI is InChI=1S/C5H12O3S.Y/c1-3-5(2)4-9(6,7)8;/h5H,3-4H2,1-2H3,(H,6,7,8);. The summed E-state index contributed by atoms with van der Waals surface area (Å²) in [6.45, 7) is 3.67. The van der Waals surface area contributed by atoms with Crippen LogP contribution in [0.3, 0.4) is 0 Å². The maximum absolute atomic E-state index is 10.2. The molecule has 0 aromatic carbocycles. The van der Waals surface area contributed by atoms with Crippen molar-refractivity contribution in [2.75, 3.05) is 5.75 Å². The van der Waals surface area contributed by atoms with E-state index >= 15 is 0 Å². The van der Waals surface area contributed by atoms with Gasteiger partial charge in [0.1, 0.15) is 0 Å². The molecule has 0 aromatic heterocycles. The molecule has 0 spiro atoms. The van der Waals surface area contributed by atoms with Gasteiger partial charge in [-0.15, -0.1) is 0 Å². The Labute approximate surface area is 87.2 Å². The molecule has 0 saturated carbocycles. The van der Waals surface area contributed by atoms with E-state index in [2.05, 4.69) is 0 Å². The molecule has 0 aromatic rings. The van der Waals surface area contributed by atoms with Crippen LogP contribution < -0.4 is 0 Å². The second kappa shape index (κ2) is 5.64. The molecule has 0 aliphatic carbocycles. The Morgan fingerprint density at radius 3 is 2.00 bits per heavy atom. The van der Waals surface area contributed by atoms with Gasteiger partial charge in [-0.05, 0) is 5.92 Å². The third kappa shape index (κ3) is 9.01. The van der Waals surface area contributed by atoms with Crippen LogP contribution in [0.15, 0.2) is 0 Å². The van der Waals surface area contributed by atoms with Crippen molar-refractivity contribution in [3.05, 3.63) is 0 Å². The van der Waals surface area contributed by atoms with Gasteiger partial charge in [-0.3, -0.25) is 4.55 Å². The van der Waals surface area contributed by atoms with E-state index in [-0.39, 0.29) is 44.4 Å². The second-order valence-corrected chi connectivity index (χ2v) is 3.76. The maximum Gasteiger partial charge on any atom is 0.265 e. The van der Waals surface area contributed by atoms with Crippen LogP contribution in [0, 0.1) is 5.92 Å². The first-order chi connectivity index (χ1) is 3.95. The van der Waals surface area contributed by atoms with Crippen LogP contribution in [0.5, 0.6) is 0 Å². The molecule has 0 saturated heterocycles. The van der Waals surface area contributed by atoms with E-state index in [9.17, 15) is 8.42 Å². The zero-order valence-electron chi connectivity index (χ0n) is 6.24. The van der Waals surface area contributed by atoms with Gasteiger partial charge >= 0.3 is 0 Å².